The normalized spacial score (nSPS) is 12.9. The van der Waals surface area contributed by atoms with E-state index in [-0.39, 0.29) is 6.42 Å². The molecule has 0 aromatic carbocycles. The highest BCUT2D eigenvalue weighted by molar-refractivity contribution is 5.96. The molecule has 0 bridgehead atoms. The second kappa shape index (κ2) is 7.98. The number of pyridine rings is 1. The summed E-state index contributed by atoms with van der Waals surface area (Å²) in [6.45, 7) is 1.61. The molecule has 0 aliphatic heterocycles. The van der Waals surface area contributed by atoms with Gasteiger partial charge in [-0.05, 0) is 18.6 Å². The number of nitrogens with one attached hydrogen (secondary N) is 1. The highest BCUT2D eigenvalue weighted by Crippen LogP contribution is 2.10. The minimum atomic E-state index is -0.934. The summed E-state index contributed by atoms with van der Waals surface area (Å²) in [5.41, 5.74) is 0.317. The van der Waals surface area contributed by atoms with Crippen LogP contribution in [0.2, 0.25) is 0 Å². The third kappa shape index (κ3) is 4.87. The Morgan fingerprint density at radius 1 is 1.24 bits per heavy atom. The molecule has 1 amide bonds. The Morgan fingerprint density at radius 2 is 1.90 bits per heavy atom. The Balaban J connectivity index is 2.77. The molecule has 1 aromatic rings. The first-order valence-electron chi connectivity index (χ1n) is 6.36. The van der Waals surface area contributed by atoms with E-state index in [4.69, 9.17) is 0 Å². The Morgan fingerprint density at radius 3 is 2.43 bits per heavy atom. The smallest absolute Gasteiger partial charge is 0.328 e. The Kier molecular flexibility index (Phi) is 6.32. The van der Waals surface area contributed by atoms with Crippen LogP contribution in [-0.2, 0) is 19.1 Å². The quantitative estimate of drug-likeness (QED) is 0.770. The van der Waals surface area contributed by atoms with Gasteiger partial charge in [-0.1, -0.05) is 6.92 Å². The molecule has 114 valence electrons. The van der Waals surface area contributed by atoms with E-state index in [9.17, 15) is 14.4 Å². The lowest BCUT2D eigenvalue weighted by Gasteiger charge is -2.19. The number of carbonyl (C=O) groups excluding carboxylic acids is 3. The predicted octanol–water partition coefficient (Wildman–Crippen LogP) is 0.552. The maximum Gasteiger partial charge on any atom is 0.328 e. The fourth-order valence-corrected chi connectivity index (χ4v) is 1.75. The van der Waals surface area contributed by atoms with Crippen molar-refractivity contribution in [2.75, 3.05) is 14.2 Å². The van der Waals surface area contributed by atoms with Gasteiger partial charge in [0.25, 0.3) is 5.91 Å². The molecule has 0 saturated carbocycles. The first kappa shape index (κ1) is 16.6. The van der Waals surface area contributed by atoms with Gasteiger partial charge in [0.05, 0.1) is 25.7 Å². The minimum absolute atomic E-state index is 0.0886. The zero-order valence-corrected chi connectivity index (χ0v) is 12.2. The molecule has 1 N–H and O–H groups in total. The largest absolute Gasteiger partial charge is 0.469 e. The zero-order chi connectivity index (χ0) is 15.8. The number of hydrogen-bond acceptors (Lipinski definition) is 6. The van der Waals surface area contributed by atoms with Crippen LogP contribution >= 0.6 is 0 Å². The van der Waals surface area contributed by atoms with Crippen LogP contribution in [0.3, 0.4) is 0 Å². The van der Waals surface area contributed by atoms with Crippen molar-refractivity contribution in [3.05, 3.63) is 30.1 Å². The van der Waals surface area contributed by atoms with Gasteiger partial charge in [-0.15, -0.1) is 0 Å². The monoisotopic (exact) mass is 294 g/mol. The van der Waals surface area contributed by atoms with Gasteiger partial charge in [0.15, 0.2) is 0 Å². The molecule has 7 heteroatoms. The number of nitrogens with zero attached hydrogens (tertiary/aromatic N) is 1. The molecule has 21 heavy (non-hydrogen) atoms. The van der Waals surface area contributed by atoms with Crippen molar-refractivity contribution in [3.63, 3.8) is 0 Å². The van der Waals surface area contributed by atoms with Crippen molar-refractivity contribution in [1.29, 1.82) is 0 Å². The first-order valence-corrected chi connectivity index (χ1v) is 6.36. The van der Waals surface area contributed by atoms with E-state index < -0.39 is 29.8 Å². The summed E-state index contributed by atoms with van der Waals surface area (Å²) >= 11 is 0. The molecule has 7 nitrogen and oxygen atoms in total. The molecule has 2 atom stereocenters. The molecule has 0 saturated heterocycles. The van der Waals surface area contributed by atoms with E-state index in [0.29, 0.717) is 5.56 Å². The molecular formula is C14H18N2O5. The summed E-state index contributed by atoms with van der Waals surface area (Å²) in [5.74, 6) is -2.09. The average molecular weight is 294 g/mol. The second-order valence-electron chi connectivity index (χ2n) is 4.45. The number of amides is 1. The van der Waals surface area contributed by atoms with E-state index in [0.717, 1.165) is 0 Å². The highest BCUT2D eigenvalue weighted by Gasteiger charge is 2.27. The third-order valence-electron chi connectivity index (χ3n) is 2.91. The molecule has 0 radical (unpaired) electrons. The number of carbonyl (C=O) groups is 3. The SMILES string of the molecule is COC(=O)[C@H](C)C[C@@H](NC(=O)c1cccnc1)C(=O)OC. The molecule has 0 aliphatic rings. The van der Waals surface area contributed by atoms with Crippen molar-refractivity contribution in [2.45, 2.75) is 19.4 Å². The van der Waals surface area contributed by atoms with Crippen LogP contribution in [0.4, 0.5) is 0 Å². The maximum absolute atomic E-state index is 12.0. The minimum Gasteiger partial charge on any atom is -0.469 e. The predicted molar refractivity (Wildman–Crippen MR) is 73.3 cm³/mol. The van der Waals surface area contributed by atoms with Crippen LogP contribution in [0.15, 0.2) is 24.5 Å². The van der Waals surface area contributed by atoms with E-state index in [2.05, 4.69) is 19.8 Å². The summed E-state index contributed by atoms with van der Waals surface area (Å²) in [6, 6.07) is 2.25. The van der Waals surface area contributed by atoms with Crippen LogP contribution in [0, 0.1) is 5.92 Å². The van der Waals surface area contributed by atoms with Crippen LogP contribution in [0.1, 0.15) is 23.7 Å². The van der Waals surface area contributed by atoms with E-state index in [1.807, 2.05) is 0 Å². The summed E-state index contributed by atoms with van der Waals surface area (Å²) < 4.78 is 9.24. The van der Waals surface area contributed by atoms with Gasteiger partial charge in [0, 0.05) is 12.4 Å². The van der Waals surface area contributed by atoms with Crippen molar-refractivity contribution in [3.8, 4) is 0 Å². The number of hydrogen-bond donors (Lipinski definition) is 1. The average Bonchev–Trinajstić information content (AvgIpc) is 2.53. The lowest BCUT2D eigenvalue weighted by molar-refractivity contribution is -0.147. The second-order valence-corrected chi connectivity index (χ2v) is 4.45. The van der Waals surface area contributed by atoms with Gasteiger partial charge in [-0.25, -0.2) is 4.79 Å². The fraction of sp³-hybridized carbons (Fsp3) is 0.429. The Bertz CT molecular complexity index is 503. The number of aromatic nitrogens is 1. The molecule has 1 heterocycles. The summed E-state index contributed by atoms with van der Waals surface area (Å²) in [6.07, 6.45) is 3.01. The molecule has 0 spiro atoms. The maximum atomic E-state index is 12.0. The van der Waals surface area contributed by atoms with Gasteiger partial charge in [-0.2, -0.15) is 0 Å². The molecule has 1 aromatic heterocycles. The van der Waals surface area contributed by atoms with Gasteiger partial charge in [0.1, 0.15) is 6.04 Å². The molecular weight excluding hydrogens is 276 g/mol. The van der Waals surface area contributed by atoms with Crippen molar-refractivity contribution in [1.82, 2.24) is 10.3 Å². The summed E-state index contributed by atoms with van der Waals surface area (Å²) in [7, 11) is 2.48. The van der Waals surface area contributed by atoms with Crippen molar-refractivity contribution in [2.24, 2.45) is 5.92 Å². The zero-order valence-electron chi connectivity index (χ0n) is 12.2. The van der Waals surface area contributed by atoms with Crippen LogP contribution in [0.5, 0.6) is 0 Å². The lowest BCUT2D eigenvalue weighted by Crippen LogP contribution is -2.43. The van der Waals surface area contributed by atoms with Crippen molar-refractivity contribution < 1.29 is 23.9 Å². The molecule has 1 rings (SSSR count). The standard InChI is InChI=1S/C14H18N2O5/c1-9(13(18)20-2)7-11(14(19)21-3)16-12(17)10-5-4-6-15-8-10/h4-6,8-9,11H,7H2,1-3H3,(H,16,17)/t9-,11-/m1/s1. The lowest BCUT2D eigenvalue weighted by atomic mass is 10.0. The number of methoxy groups -OCH3 is 2. The van der Waals surface area contributed by atoms with Crippen molar-refractivity contribution >= 4 is 17.8 Å². The van der Waals surface area contributed by atoms with Gasteiger partial charge < -0.3 is 14.8 Å². The number of ether oxygens (including phenoxy) is 2. The number of rotatable bonds is 6. The third-order valence-corrected chi connectivity index (χ3v) is 2.91. The number of esters is 2. The topological polar surface area (TPSA) is 94.6 Å². The van der Waals surface area contributed by atoms with E-state index in [1.54, 1.807) is 19.1 Å². The van der Waals surface area contributed by atoms with Crippen LogP contribution in [-0.4, -0.2) is 43.1 Å². The first-order chi connectivity index (χ1) is 9.99. The van der Waals surface area contributed by atoms with Gasteiger partial charge >= 0.3 is 11.9 Å². The van der Waals surface area contributed by atoms with E-state index >= 15 is 0 Å². The molecule has 0 fully saturated rings. The fourth-order valence-electron chi connectivity index (χ4n) is 1.75. The van der Waals surface area contributed by atoms with Gasteiger partial charge in [0.2, 0.25) is 0 Å². The molecule has 0 unspecified atom stereocenters. The Labute approximate surface area is 122 Å². The van der Waals surface area contributed by atoms with Crippen LogP contribution in [0.25, 0.3) is 0 Å². The molecule has 0 aliphatic carbocycles. The van der Waals surface area contributed by atoms with Crippen LogP contribution < -0.4 is 5.32 Å². The highest BCUT2D eigenvalue weighted by atomic mass is 16.5. The van der Waals surface area contributed by atoms with Gasteiger partial charge in [-0.3, -0.25) is 14.6 Å². The Hall–Kier alpha value is -2.44. The van der Waals surface area contributed by atoms with E-state index in [1.165, 1.54) is 26.6 Å². The summed E-state index contributed by atoms with van der Waals surface area (Å²) in [4.78, 5) is 39.0. The summed E-state index contributed by atoms with van der Waals surface area (Å²) in [5, 5.41) is 2.53.